The van der Waals surface area contributed by atoms with E-state index < -0.39 is 6.03 Å². The van der Waals surface area contributed by atoms with Crippen LogP contribution in [-0.2, 0) is 0 Å². The van der Waals surface area contributed by atoms with Crippen molar-refractivity contribution in [3.05, 3.63) is 60.3 Å². The van der Waals surface area contributed by atoms with Crippen LogP contribution in [0.5, 0.6) is 5.88 Å². The van der Waals surface area contributed by atoms with Gasteiger partial charge in [0.05, 0.1) is 31.1 Å². The number of hydrogen-bond donors (Lipinski definition) is 3. The van der Waals surface area contributed by atoms with Gasteiger partial charge in [0, 0.05) is 17.6 Å². The lowest BCUT2D eigenvalue weighted by molar-refractivity contribution is 0.249. The van der Waals surface area contributed by atoms with Crippen molar-refractivity contribution in [2.75, 3.05) is 12.4 Å². The second-order valence-corrected chi connectivity index (χ2v) is 6.51. The highest BCUT2D eigenvalue weighted by Crippen LogP contribution is 2.26. The number of rotatable bonds is 5. The van der Waals surface area contributed by atoms with Crippen LogP contribution in [-0.4, -0.2) is 38.3 Å². The SMILES string of the molecule is COc1cncc(-c2n[nH]c3cc(NC(=O)NC(C)c4ccc(F)cc4)ncc23)n1. The van der Waals surface area contributed by atoms with Crippen molar-refractivity contribution in [3.63, 3.8) is 0 Å². The highest BCUT2D eigenvalue weighted by molar-refractivity contribution is 5.95. The predicted molar refractivity (Wildman–Crippen MR) is 108 cm³/mol. The number of carbonyl (C=O) groups is 1. The van der Waals surface area contributed by atoms with Gasteiger partial charge in [0.2, 0.25) is 5.88 Å². The van der Waals surface area contributed by atoms with Gasteiger partial charge in [-0.15, -0.1) is 0 Å². The summed E-state index contributed by atoms with van der Waals surface area (Å²) in [5.74, 6) is 0.395. The molecule has 0 bridgehead atoms. The highest BCUT2D eigenvalue weighted by atomic mass is 19.1. The van der Waals surface area contributed by atoms with Gasteiger partial charge < -0.3 is 10.1 Å². The van der Waals surface area contributed by atoms with Crippen LogP contribution < -0.4 is 15.4 Å². The number of halogens is 1. The summed E-state index contributed by atoms with van der Waals surface area (Å²) >= 11 is 0. The van der Waals surface area contributed by atoms with Crippen molar-refractivity contribution in [3.8, 4) is 17.3 Å². The number of H-pyrrole nitrogens is 1. The third-order valence-electron chi connectivity index (χ3n) is 4.47. The molecule has 3 aromatic heterocycles. The summed E-state index contributed by atoms with van der Waals surface area (Å²) in [4.78, 5) is 25.0. The summed E-state index contributed by atoms with van der Waals surface area (Å²) in [5.41, 5.74) is 2.57. The van der Waals surface area contributed by atoms with Crippen molar-refractivity contribution >= 4 is 22.8 Å². The number of carbonyl (C=O) groups excluding carboxylic acids is 1. The molecule has 1 aromatic carbocycles. The molecule has 4 rings (SSSR count). The molecule has 0 fully saturated rings. The number of pyridine rings is 1. The summed E-state index contributed by atoms with van der Waals surface area (Å²) in [6.45, 7) is 1.81. The summed E-state index contributed by atoms with van der Waals surface area (Å²) in [7, 11) is 1.51. The molecule has 152 valence electrons. The Bertz CT molecular complexity index is 1190. The van der Waals surface area contributed by atoms with Crippen LogP contribution in [0.25, 0.3) is 22.3 Å². The average molecular weight is 407 g/mol. The van der Waals surface area contributed by atoms with E-state index in [2.05, 4.69) is 35.8 Å². The minimum Gasteiger partial charge on any atom is -0.480 e. The fraction of sp³-hybridized carbons (Fsp3) is 0.150. The molecular formula is C20H18FN7O2. The third-order valence-corrected chi connectivity index (χ3v) is 4.47. The number of amides is 2. The number of ether oxygens (including phenoxy) is 1. The second kappa shape index (κ2) is 8.11. The van der Waals surface area contributed by atoms with Crippen LogP contribution in [0.1, 0.15) is 18.5 Å². The van der Waals surface area contributed by atoms with Gasteiger partial charge in [-0.25, -0.2) is 19.2 Å². The zero-order valence-electron chi connectivity index (χ0n) is 16.2. The fourth-order valence-electron chi connectivity index (χ4n) is 2.92. The lowest BCUT2D eigenvalue weighted by Crippen LogP contribution is -2.31. The number of urea groups is 1. The minimum atomic E-state index is -0.433. The standard InChI is InChI=1S/C20H18FN7O2/c1-11(12-3-5-13(21)6-4-12)24-20(29)26-17-7-15-14(8-23-17)19(28-27-15)16-9-22-10-18(25-16)30-2/h3-11H,1-2H3,(H,27,28)(H2,23,24,26,29). The average Bonchev–Trinajstić information content (AvgIpc) is 3.17. The third kappa shape index (κ3) is 4.02. The van der Waals surface area contributed by atoms with Gasteiger partial charge in [-0.1, -0.05) is 12.1 Å². The molecule has 1 atom stereocenters. The number of nitrogens with one attached hydrogen (secondary N) is 3. The number of hydrogen-bond acceptors (Lipinski definition) is 6. The summed E-state index contributed by atoms with van der Waals surface area (Å²) in [5, 5.41) is 13.4. The Balaban J connectivity index is 1.48. The van der Waals surface area contributed by atoms with E-state index in [1.807, 2.05) is 0 Å². The number of aromatic nitrogens is 5. The van der Waals surface area contributed by atoms with Crippen LogP contribution in [0.4, 0.5) is 15.0 Å². The quantitative estimate of drug-likeness (QED) is 0.466. The molecule has 3 N–H and O–H groups in total. The van der Waals surface area contributed by atoms with Crippen LogP contribution in [0, 0.1) is 5.82 Å². The minimum absolute atomic E-state index is 0.306. The largest absolute Gasteiger partial charge is 0.480 e. The second-order valence-electron chi connectivity index (χ2n) is 6.51. The Morgan fingerprint density at radius 2 is 2.00 bits per heavy atom. The molecule has 0 saturated carbocycles. The van der Waals surface area contributed by atoms with E-state index in [9.17, 15) is 9.18 Å². The maximum Gasteiger partial charge on any atom is 0.320 e. The maximum absolute atomic E-state index is 13.0. The van der Waals surface area contributed by atoms with Gasteiger partial charge in [0.15, 0.2) is 0 Å². The van der Waals surface area contributed by atoms with Crippen LogP contribution in [0.15, 0.2) is 48.9 Å². The number of fused-ring (bicyclic) bond motifs is 1. The van der Waals surface area contributed by atoms with E-state index in [0.29, 0.717) is 28.6 Å². The molecule has 0 radical (unpaired) electrons. The van der Waals surface area contributed by atoms with Crippen molar-refractivity contribution in [2.24, 2.45) is 0 Å². The van der Waals surface area contributed by atoms with Crippen LogP contribution in [0.3, 0.4) is 0 Å². The molecule has 2 amide bonds. The fourth-order valence-corrected chi connectivity index (χ4v) is 2.92. The molecule has 9 nitrogen and oxygen atoms in total. The first-order valence-electron chi connectivity index (χ1n) is 9.07. The Labute approximate surface area is 170 Å². The molecule has 10 heteroatoms. The van der Waals surface area contributed by atoms with E-state index in [1.54, 1.807) is 37.5 Å². The molecule has 4 aromatic rings. The molecule has 0 aliphatic heterocycles. The first kappa shape index (κ1) is 19.2. The Morgan fingerprint density at radius 1 is 1.20 bits per heavy atom. The molecule has 0 aliphatic rings. The van der Waals surface area contributed by atoms with E-state index >= 15 is 0 Å². The molecule has 0 aliphatic carbocycles. The zero-order valence-corrected chi connectivity index (χ0v) is 16.2. The van der Waals surface area contributed by atoms with Gasteiger partial charge >= 0.3 is 6.03 Å². The van der Waals surface area contributed by atoms with Gasteiger partial charge in [-0.3, -0.25) is 15.4 Å². The van der Waals surface area contributed by atoms with E-state index in [4.69, 9.17) is 4.74 Å². The molecule has 1 unspecified atom stereocenters. The van der Waals surface area contributed by atoms with Gasteiger partial charge in [0.1, 0.15) is 23.0 Å². The van der Waals surface area contributed by atoms with Gasteiger partial charge in [0.25, 0.3) is 0 Å². The highest BCUT2D eigenvalue weighted by Gasteiger charge is 2.14. The number of aromatic amines is 1. The lowest BCUT2D eigenvalue weighted by atomic mass is 10.1. The maximum atomic E-state index is 13.0. The number of methoxy groups -OCH3 is 1. The first-order chi connectivity index (χ1) is 14.5. The number of benzene rings is 1. The summed E-state index contributed by atoms with van der Waals surface area (Å²) in [6.07, 6.45) is 4.67. The van der Waals surface area contributed by atoms with Crippen molar-refractivity contribution in [1.82, 2.24) is 30.5 Å². The van der Waals surface area contributed by atoms with Crippen molar-refractivity contribution < 1.29 is 13.9 Å². The number of anilines is 1. The predicted octanol–water partition coefficient (Wildman–Crippen LogP) is 3.45. The summed E-state index contributed by atoms with van der Waals surface area (Å²) < 4.78 is 18.1. The normalized spacial score (nSPS) is 11.8. The molecule has 0 saturated heterocycles. The van der Waals surface area contributed by atoms with E-state index in [0.717, 1.165) is 10.9 Å². The zero-order chi connectivity index (χ0) is 21.1. The van der Waals surface area contributed by atoms with Gasteiger partial charge in [-0.2, -0.15) is 5.10 Å². The Morgan fingerprint density at radius 3 is 2.77 bits per heavy atom. The Kier molecular flexibility index (Phi) is 5.21. The topological polar surface area (TPSA) is 118 Å². The number of nitrogens with zero attached hydrogens (tertiary/aromatic N) is 4. The molecule has 0 spiro atoms. The molecule has 30 heavy (non-hydrogen) atoms. The van der Waals surface area contributed by atoms with Crippen LogP contribution in [0.2, 0.25) is 0 Å². The lowest BCUT2D eigenvalue weighted by Gasteiger charge is -2.14. The van der Waals surface area contributed by atoms with E-state index in [-0.39, 0.29) is 11.9 Å². The Hall–Kier alpha value is -4.08. The molecular weight excluding hydrogens is 389 g/mol. The van der Waals surface area contributed by atoms with Crippen molar-refractivity contribution in [1.29, 1.82) is 0 Å². The van der Waals surface area contributed by atoms with Gasteiger partial charge in [-0.05, 0) is 24.6 Å². The monoisotopic (exact) mass is 407 g/mol. The van der Waals surface area contributed by atoms with E-state index in [1.165, 1.54) is 25.4 Å². The van der Waals surface area contributed by atoms with Crippen molar-refractivity contribution in [2.45, 2.75) is 13.0 Å². The summed E-state index contributed by atoms with van der Waals surface area (Å²) in [6, 6.07) is 6.88. The smallest absolute Gasteiger partial charge is 0.320 e. The van der Waals surface area contributed by atoms with Crippen LogP contribution >= 0.6 is 0 Å². The molecule has 3 heterocycles. The first-order valence-corrected chi connectivity index (χ1v) is 9.07.